The smallest absolute Gasteiger partial charge is 0.359 e. The first kappa shape index (κ1) is 22.0. The average Bonchev–Trinajstić information content (AvgIpc) is 2.89. The van der Waals surface area contributed by atoms with Gasteiger partial charge >= 0.3 is 5.97 Å². The van der Waals surface area contributed by atoms with Crippen molar-refractivity contribution in [3.63, 3.8) is 0 Å². The Morgan fingerprint density at radius 2 is 1.79 bits per heavy atom. The molecule has 1 aromatic rings. The number of Topliss-reactive ketones (excluding diaryl/α,β-unsaturated/α-hetero) is 2. The molecular weight excluding hydrogens is 388 g/mol. The lowest BCUT2D eigenvalue weighted by molar-refractivity contribution is -0.172. The molecule has 7 nitrogen and oxygen atoms in total. The number of hydrogen-bond acceptors (Lipinski definition) is 7. The first-order valence-corrected chi connectivity index (χ1v) is 9.18. The van der Waals surface area contributed by atoms with Crippen molar-refractivity contribution in [3.8, 4) is 17.2 Å². The van der Waals surface area contributed by atoms with Crippen LogP contribution in [-0.2, 0) is 14.3 Å². The zero-order chi connectivity index (χ0) is 21.4. The fourth-order valence-electron chi connectivity index (χ4n) is 3.19. The molecule has 2 unspecified atom stereocenters. The Labute approximate surface area is 169 Å². The molecule has 0 saturated heterocycles. The van der Waals surface area contributed by atoms with Crippen molar-refractivity contribution in [1.82, 2.24) is 0 Å². The molecule has 0 bridgehead atoms. The minimum Gasteiger partial charge on any atom is -0.496 e. The summed E-state index contributed by atoms with van der Waals surface area (Å²) in [5.74, 6) is -2.18. The molecule has 0 amide bonds. The molecule has 1 heterocycles. The third-order valence-electron chi connectivity index (χ3n) is 4.41. The lowest BCUT2D eigenvalue weighted by Crippen LogP contribution is -2.56. The van der Waals surface area contributed by atoms with Gasteiger partial charge in [-0.15, -0.1) is 0 Å². The summed E-state index contributed by atoms with van der Waals surface area (Å²) in [5, 5.41) is 0.0344. The van der Waals surface area contributed by atoms with E-state index in [1.54, 1.807) is 27.7 Å². The van der Waals surface area contributed by atoms with Crippen molar-refractivity contribution < 1.29 is 33.3 Å². The number of halogens is 1. The van der Waals surface area contributed by atoms with Crippen LogP contribution < -0.4 is 14.2 Å². The number of methoxy groups -OCH3 is 2. The van der Waals surface area contributed by atoms with Crippen LogP contribution in [0.15, 0.2) is 6.07 Å². The Kier molecular flexibility index (Phi) is 5.99. The van der Waals surface area contributed by atoms with Crippen LogP contribution in [0.3, 0.4) is 0 Å². The lowest BCUT2D eigenvalue weighted by atomic mass is 9.80. The second-order valence-electron chi connectivity index (χ2n) is 7.78. The van der Waals surface area contributed by atoms with Crippen LogP contribution in [0.1, 0.15) is 51.4 Å². The number of esters is 1. The van der Waals surface area contributed by atoms with Gasteiger partial charge in [-0.25, -0.2) is 4.79 Å². The molecule has 0 spiro atoms. The number of fused-ring (bicyclic) bond motifs is 1. The molecule has 8 heteroatoms. The second kappa shape index (κ2) is 7.62. The van der Waals surface area contributed by atoms with Crippen molar-refractivity contribution >= 4 is 29.1 Å². The number of rotatable bonds is 6. The topological polar surface area (TPSA) is 88.1 Å². The Balaban J connectivity index is 2.70. The number of ketones is 2. The molecule has 154 valence electrons. The van der Waals surface area contributed by atoms with E-state index < -0.39 is 28.9 Å². The minimum atomic E-state index is -2.05. The SMILES string of the molecule is COc1cc(OC)c2c(c1Cl)OC(C(=O)OC(C)(C)C)(C(C)CC(C)=O)C2=O. The summed E-state index contributed by atoms with van der Waals surface area (Å²) >= 11 is 6.35. The van der Waals surface area contributed by atoms with Gasteiger partial charge in [-0.1, -0.05) is 18.5 Å². The zero-order valence-electron chi connectivity index (χ0n) is 17.1. The largest absolute Gasteiger partial charge is 0.496 e. The summed E-state index contributed by atoms with van der Waals surface area (Å²) in [6.07, 6.45) is -0.0595. The molecule has 0 fully saturated rings. The first-order chi connectivity index (χ1) is 12.9. The second-order valence-corrected chi connectivity index (χ2v) is 8.15. The summed E-state index contributed by atoms with van der Waals surface area (Å²) in [6.45, 7) is 8.00. The van der Waals surface area contributed by atoms with E-state index in [0.717, 1.165) is 0 Å². The Morgan fingerprint density at radius 3 is 2.25 bits per heavy atom. The highest BCUT2D eigenvalue weighted by Gasteiger charge is 2.61. The molecule has 1 aromatic carbocycles. The van der Waals surface area contributed by atoms with Crippen LogP contribution in [0.4, 0.5) is 0 Å². The summed E-state index contributed by atoms with van der Waals surface area (Å²) in [6, 6.07) is 1.45. The minimum absolute atomic E-state index is 0.0227. The van der Waals surface area contributed by atoms with E-state index in [0.29, 0.717) is 0 Å². The van der Waals surface area contributed by atoms with Crippen molar-refractivity contribution in [2.45, 2.75) is 52.2 Å². The zero-order valence-corrected chi connectivity index (χ0v) is 17.9. The van der Waals surface area contributed by atoms with Crippen LogP contribution in [0.5, 0.6) is 17.2 Å². The van der Waals surface area contributed by atoms with Gasteiger partial charge in [-0.3, -0.25) is 4.79 Å². The summed E-state index contributed by atoms with van der Waals surface area (Å²) in [7, 11) is 2.78. The predicted molar refractivity (Wildman–Crippen MR) is 103 cm³/mol. The van der Waals surface area contributed by atoms with Crippen molar-refractivity contribution in [2.24, 2.45) is 5.92 Å². The summed E-state index contributed by atoms with van der Waals surface area (Å²) in [4.78, 5) is 38.4. The highest BCUT2D eigenvalue weighted by molar-refractivity contribution is 6.35. The predicted octanol–water partition coefficient (Wildman–Crippen LogP) is 3.63. The standard InChI is InChI=1S/C20H25ClO7/c1-10(8-11(2)22)20(18(24)28-19(3,4)5)17(23)14-12(25-6)9-13(26-7)15(21)16(14)27-20/h9-10H,8H2,1-7H3. The Morgan fingerprint density at radius 1 is 1.21 bits per heavy atom. The number of ether oxygens (including phenoxy) is 4. The normalized spacial score (nSPS) is 19.5. The molecule has 0 aliphatic carbocycles. The molecule has 0 N–H and O–H groups in total. The van der Waals surface area contributed by atoms with Gasteiger partial charge in [0.1, 0.15) is 33.5 Å². The molecule has 0 aromatic heterocycles. The number of carbonyl (C=O) groups is 3. The van der Waals surface area contributed by atoms with E-state index >= 15 is 0 Å². The fraction of sp³-hybridized carbons (Fsp3) is 0.550. The monoisotopic (exact) mass is 412 g/mol. The van der Waals surface area contributed by atoms with E-state index in [2.05, 4.69) is 0 Å². The maximum absolute atomic E-state index is 13.5. The fourth-order valence-corrected chi connectivity index (χ4v) is 3.46. The van der Waals surface area contributed by atoms with Crippen LogP contribution >= 0.6 is 11.6 Å². The van der Waals surface area contributed by atoms with Crippen molar-refractivity contribution in [3.05, 3.63) is 16.7 Å². The maximum Gasteiger partial charge on any atom is 0.359 e. The number of carbonyl (C=O) groups excluding carboxylic acids is 3. The highest BCUT2D eigenvalue weighted by Crippen LogP contribution is 2.52. The molecular formula is C20H25ClO7. The van der Waals surface area contributed by atoms with Gasteiger partial charge in [0.05, 0.1) is 14.2 Å². The third kappa shape index (κ3) is 3.68. The number of hydrogen-bond donors (Lipinski definition) is 0. The molecule has 2 atom stereocenters. The molecule has 1 aliphatic rings. The van der Waals surface area contributed by atoms with E-state index in [4.69, 9.17) is 30.5 Å². The average molecular weight is 413 g/mol. The number of benzene rings is 1. The molecule has 0 radical (unpaired) electrons. The van der Waals surface area contributed by atoms with E-state index in [9.17, 15) is 14.4 Å². The van der Waals surface area contributed by atoms with Crippen LogP contribution in [0, 0.1) is 5.92 Å². The van der Waals surface area contributed by atoms with Gasteiger partial charge in [0.15, 0.2) is 5.75 Å². The van der Waals surface area contributed by atoms with Gasteiger partial charge in [-0.2, -0.15) is 0 Å². The van der Waals surface area contributed by atoms with Gasteiger partial charge in [0.25, 0.3) is 5.60 Å². The molecule has 1 aliphatic heterocycles. The van der Waals surface area contributed by atoms with Gasteiger partial charge in [0.2, 0.25) is 5.78 Å². The van der Waals surface area contributed by atoms with E-state index in [1.807, 2.05) is 0 Å². The van der Waals surface area contributed by atoms with Crippen LogP contribution in [0.25, 0.3) is 0 Å². The van der Waals surface area contributed by atoms with Crippen LogP contribution in [0.2, 0.25) is 5.02 Å². The third-order valence-corrected chi connectivity index (χ3v) is 4.77. The van der Waals surface area contributed by atoms with Crippen LogP contribution in [-0.4, -0.2) is 43.0 Å². The Hall–Kier alpha value is -2.28. The lowest BCUT2D eigenvalue weighted by Gasteiger charge is -2.33. The van der Waals surface area contributed by atoms with Gasteiger partial charge in [-0.05, 0) is 27.7 Å². The van der Waals surface area contributed by atoms with E-state index in [1.165, 1.54) is 27.2 Å². The van der Waals surface area contributed by atoms with Gasteiger partial charge in [0, 0.05) is 18.4 Å². The molecule has 0 saturated carbocycles. The summed E-state index contributed by atoms with van der Waals surface area (Å²) in [5.41, 5.74) is -2.90. The van der Waals surface area contributed by atoms with Gasteiger partial charge < -0.3 is 23.7 Å². The highest BCUT2D eigenvalue weighted by atomic mass is 35.5. The Bertz CT molecular complexity index is 825. The molecule has 28 heavy (non-hydrogen) atoms. The van der Waals surface area contributed by atoms with Crippen molar-refractivity contribution in [2.75, 3.05) is 14.2 Å². The summed E-state index contributed by atoms with van der Waals surface area (Å²) < 4.78 is 21.9. The molecule has 2 rings (SSSR count). The quantitative estimate of drug-likeness (QED) is 0.520. The maximum atomic E-state index is 13.5. The van der Waals surface area contributed by atoms with Crippen molar-refractivity contribution in [1.29, 1.82) is 0 Å². The first-order valence-electron chi connectivity index (χ1n) is 8.80. The van der Waals surface area contributed by atoms with E-state index in [-0.39, 0.29) is 40.0 Å².